The zero-order valence-corrected chi connectivity index (χ0v) is 13.4. The molecule has 3 rings (SSSR count). The molecular formula is C16H23ClN2O2. The number of hydrogen-bond donors (Lipinski definition) is 1. The maximum Gasteiger partial charge on any atom is 0.149 e. The van der Waals surface area contributed by atoms with Crippen LogP contribution in [0, 0.1) is 5.92 Å². The molecule has 5 heteroatoms. The highest BCUT2D eigenvalue weighted by Gasteiger charge is 2.48. The number of fused-ring (bicyclic) bond motifs is 3. The fourth-order valence-corrected chi connectivity index (χ4v) is 3.42. The molecule has 1 N–H and O–H groups in total. The number of benzene rings is 1. The second-order valence-electron chi connectivity index (χ2n) is 5.85. The van der Waals surface area contributed by atoms with Gasteiger partial charge in [0.05, 0.1) is 0 Å². The molecule has 0 spiro atoms. The Bertz CT molecular complexity index is 535. The second kappa shape index (κ2) is 6.34. The third-order valence-electron chi connectivity index (χ3n) is 4.16. The number of methoxy groups -OCH3 is 1. The maximum absolute atomic E-state index is 11.3. The lowest BCUT2D eigenvalue weighted by molar-refractivity contribution is 0.0616. The van der Waals surface area contributed by atoms with E-state index in [1.165, 1.54) is 0 Å². The van der Waals surface area contributed by atoms with Gasteiger partial charge in [0, 0.05) is 38.1 Å². The predicted octanol–water partition coefficient (Wildman–Crippen LogP) is 2.59. The zero-order chi connectivity index (χ0) is 14.2. The molecule has 2 atom stereocenters. The normalized spacial score (nSPS) is 24.7. The van der Waals surface area contributed by atoms with Crippen molar-refractivity contribution in [3.05, 3.63) is 29.8 Å². The quantitative estimate of drug-likeness (QED) is 0.929. The number of rotatable bonds is 4. The summed E-state index contributed by atoms with van der Waals surface area (Å²) < 4.78 is 5.22. The van der Waals surface area contributed by atoms with Crippen LogP contribution in [0.15, 0.2) is 29.3 Å². The van der Waals surface area contributed by atoms with Crippen LogP contribution in [0.3, 0.4) is 0 Å². The molecule has 1 aromatic rings. The Morgan fingerprint density at radius 3 is 2.95 bits per heavy atom. The Hall–Kier alpha value is -1.10. The Morgan fingerprint density at radius 1 is 1.43 bits per heavy atom. The van der Waals surface area contributed by atoms with E-state index < -0.39 is 5.60 Å². The number of ether oxygens (including phenoxy) is 1. The SMILES string of the molecule is COCC(C)CC1(O)C2=NCCCN2c2ccccc21.Cl. The number of anilines is 1. The van der Waals surface area contributed by atoms with E-state index in [4.69, 9.17) is 4.74 Å². The fourth-order valence-electron chi connectivity index (χ4n) is 3.42. The average molecular weight is 311 g/mol. The summed E-state index contributed by atoms with van der Waals surface area (Å²) in [5, 5.41) is 11.3. The van der Waals surface area contributed by atoms with Crippen molar-refractivity contribution in [3.8, 4) is 0 Å². The minimum Gasteiger partial charge on any atom is -0.384 e. The molecule has 0 radical (unpaired) electrons. The summed E-state index contributed by atoms with van der Waals surface area (Å²) in [4.78, 5) is 6.80. The van der Waals surface area contributed by atoms with E-state index in [2.05, 4.69) is 22.9 Å². The van der Waals surface area contributed by atoms with Crippen molar-refractivity contribution in [2.75, 3.05) is 31.7 Å². The second-order valence-corrected chi connectivity index (χ2v) is 5.85. The number of aliphatic imine (C=N–C) groups is 1. The van der Waals surface area contributed by atoms with Crippen LogP contribution >= 0.6 is 12.4 Å². The summed E-state index contributed by atoms with van der Waals surface area (Å²) >= 11 is 0. The van der Waals surface area contributed by atoms with Crippen LogP contribution < -0.4 is 4.90 Å². The van der Waals surface area contributed by atoms with E-state index >= 15 is 0 Å². The molecule has 0 saturated heterocycles. The Kier molecular flexibility index (Phi) is 4.91. The molecule has 0 amide bonds. The lowest BCUT2D eigenvalue weighted by Gasteiger charge is -2.31. The number of para-hydroxylation sites is 1. The molecule has 2 aliphatic heterocycles. The zero-order valence-electron chi connectivity index (χ0n) is 12.6. The van der Waals surface area contributed by atoms with E-state index in [0.29, 0.717) is 13.0 Å². The number of aliphatic hydroxyl groups is 1. The topological polar surface area (TPSA) is 45.1 Å². The number of halogens is 1. The minimum absolute atomic E-state index is 0. The van der Waals surface area contributed by atoms with Crippen molar-refractivity contribution in [2.24, 2.45) is 10.9 Å². The first-order valence-electron chi connectivity index (χ1n) is 7.30. The first-order valence-corrected chi connectivity index (χ1v) is 7.30. The molecule has 21 heavy (non-hydrogen) atoms. The molecule has 0 bridgehead atoms. The summed E-state index contributed by atoms with van der Waals surface area (Å²) in [7, 11) is 1.70. The van der Waals surface area contributed by atoms with Crippen molar-refractivity contribution in [3.63, 3.8) is 0 Å². The molecule has 0 fully saturated rings. The van der Waals surface area contributed by atoms with Crippen LogP contribution in [0.5, 0.6) is 0 Å². The molecule has 2 unspecified atom stereocenters. The van der Waals surface area contributed by atoms with E-state index in [9.17, 15) is 5.11 Å². The lowest BCUT2D eigenvalue weighted by Crippen LogP contribution is -2.44. The van der Waals surface area contributed by atoms with Gasteiger partial charge in [-0.15, -0.1) is 12.4 Å². The van der Waals surface area contributed by atoms with Crippen molar-refractivity contribution >= 4 is 23.9 Å². The summed E-state index contributed by atoms with van der Waals surface area (Å²) in [5.74, 6) is 1.11. The Morgan fingerprint density at radius 2 is 2.19 bits per heavy atom. The van der Waals surface area contributed by atoms with E-state index in [-0.39, 0.29) is 18.3 Å². The first-order chi connectivity index (χ1) is 9.66. The lowest BCUT2D eigenvalue weighted by atomic mass is 9.86. The van der Waals surface area contributed by atoms with Gasteiger partial charge in [0.15, 0.2) is 0 Å². The van der Waals surface area contributed by atoms with Gasteiger partial charge in [-0.05, 0) is 24.8 Å². The molecule has 1 aromatic carbocycles. The van der Waals surface area contributed by atoms with E-state index in [1.54, 1.807) is 7.11 Å². The largest absolute Gasteiger partial charge is 0.384 e. The van der Waals surface area contributed by atoms with Crippen molar-refractivity contribution in [1.29, 1.82) is 0 Å². The molecule has 2 aliphatic rings. The summed E-state index contributed by atoms with van der Waals surface area (Å²) in [5.41, 5.74) is 1.14. The Labute approximate surface area is 132 Å². The van der Waals surface area contributed by atoms with Crippen LogP contribution in [0.4, 0.5) is 5.69 Å². The van der Waals surface area contributed by atoms with Crippen LogP contribution in [0.2, 0.25) is 0 Å². The van der Waals surface area contributed by atoms with Crippen molar-refractivity contribution in [2.45, 2.75) is 25.4 Å². The monoisotopic (exact) mass is 310 g/mol. The van der Waals surface area contributed by atoms with Crippen molar-refractivity contribution in [1.82, 2.24) is 0 Å². The van der Waals surface area contributed by atoms with Gasteiger partial charge in [-0.25, -0.2) is 0 Å². The summed E-state index contributed by atoms with van der Waals surface area (Å²) in [6, 6.07) is 8.12. The van der Waals surface area contributed by atoms with Gasteiger partial charge in [-0.1, -0.05) is 25.1 Å². The number of hydrogen-bond acceptors (Lipinski definition) is 4. The van der Waals surface area contributed by atoms with Crippen LogP contribution in [-0.4, -0.2) is 37.7 Å². The average Bonchev–Trinajstić information content (AvgIpc) is 2.70. The van der Waals surface area contributed by atoms with Crippen LogP contribution in [0.25, 0.3) is 0 Å². The molecule has 0 saturated carbocycles. The van der Waals surface area contributed by atoms with E-state index in [0.717, 1.165) is 36.6 Å². The van der Waals surface area contributed by atoms with Gasteiger partial charge in [-0.2, -0.15) is 0 Å². The Balaban J connectivity index is 0.00000161. The fraction of sp³-hybridized carbons (Fsp3) is 0.562. The van der Waals surface area contributed by atoms with Gasteiger partial charge in [0.25, 0.3) is 0 Å². The molecular weight excluding hydrogens is 288 g/mol. The number of nitrogens with zero attached hydrogens (tertiary/aromatic N) is 2. The molecule has 4 nitrogen and oxygen atoms in total. The summed E-state index contributed by atoms with van der Waals surface area (Å²) in [6.45, 7) is 4.51. The van der Waals surface area contributed by atoms with Gasteiger partial charge in [0.2, 0.25) is 0 Å². The molecule has 0 aliphatic carbocycles. The number of amidine groups is 1. The summed E-state index contributed by atoms with van der Waals surface area (Å²) in [6.07, 6.45) is 1.69. The van der Waals surface area contributed by atoms with Crippen molar-refractivity contribution < 1.29 is 9.84 Å². The maximum atomic E-state index is 11.3. The van der Waals surface area contributed by atoms with Gasteiger partial charge >= 0.3 is 0 Å². The van der Waals surface area contributed by atoms with Crippen LogP contribution in [0.1, 0.15) is 25.3 Å². The van der Waals surface area contributed by atoms with E-state index in [1.807, 2.05) is 18.2 Å². The third kappa shape index (κ3) is 2.68. The van der Waals surface area contributed by atoms with Gasteiger partial charge < -0.3 is 14.7 Å². The highest BCUT2D eigenvalue weighted by molar-refractivity contribution is 6.10. The highest BCUT2D eigenvalue weighted by Crippen LogP contribution is 2.45. The molecule has 116 valence electrons. The van der Waals surface area contributed by atoms with Crippen LogP contribution in [-0.2, 0) is 10.3 Å². The standard InChI is InChI=1S/C16H22N2O2.ClH/c1-12(11-20-2)10-16(19)13-6-3-4-7-14(13)18-9-5-8-17-15(16)18;/h3-4,6-7,12,19H,5,8-11H2,1-2H3;1H. The van der Waals surface area contributed by atoms with Gasteiger partial charge in [0.1, 0.15) is 11.4 Å². The highest BCUT2D eigenvalue weighted by atomic mass is 35.5. The predicted molar refractivity (Wildman–Crippen MR) is 87.5 cm³/mol. The van der Waals surface area contributed by atoms with Gasteiger partial charge in [-0.3, -0.25) is 4.99 Å². The molecule has 0 aromatic heterocycles. The molecule has 2 heterocycles. The smallest absolute Gasteiger partial charge is 0.149 e. The first kappa shape index (κ1) is 16.3. The third-order valence-corrected chi connectivity index (χ3v) is 4.16. The minimum atomic E-state index is -0.963.